The van der Waals surface area contributed by atoms with Gasteiger partial charge in [0.1, 0.15) is 29.1 Å². The van der Waals surface area contributed by atoms with Crippen LogP contribution in [0.3, 0.4) is 0 Å². The fourth-order valence-corrected chi connectivity index (χ4v) is 4.58. The normalized spacial score (nSPS) is 16.6. The predicted octanol–water partition coefficient (Wildman–Crippen LogP) is 6.93. The molecule has 2 unspecified atom stereocenters. The highest BCUT2D eigenvalue weighted by atomic mass is 16.5. The van der Waals surface area contributed by atoms with Crippen molar-refractivity contribution in [3.8, 4) is 23.0 Å². The van der Waals surface area contributed by atoms with Gasteiger partial charge in [0.05, 0.1) is 20.1 Å². The lowest BCUT2D eigenvalue weighted by molar-refractivity contribution is 0.222. The van der Waals surface area contributed by atoms with E-state index < -0.39 is 0 Å². The second kappa shape index (κ2) is 9.98. The Labute approximate surface area is 206 Å². The fraction of sp³-hybridized carbons (Fsp3) is 0.161. The van der Waals surface area contributed by atoms with Crippen molar-refractivity contribution in [2.24, 2.45) is 0 Å². The molecule has 0 saturated carbocycles. The van der Waals surface area contributed by atoms with Gasteiger partial charge in [0.15, 0.2) is 0 Å². The number of aromatic hydroxyl groups is 1. The maximum absolute atomic E-state index is 9.77. The summed E-state index contributed by atoms with van der Waals surface area (Å²) in [5, 5.41) is 9.77. The number of fused-ring (bicyclic) bond motifs is 1. The van der Waals surface area contributed by atoms with Crippen LogP contribution < -0.4 is 14.2 Å². The zero-order valence-corrected chi connectivity index (χ0v) is 19.8. The van der Waals surface area contributed by atoms with Crippen LogP contribution in [0.15, 0.2) is 97.1 Å². The van der Waals surface area contributed by atoms with Crippen LogP contribution in [0.5, 0.6) is 23.0 Å². The molecule has 1 heterocycles. The highest BCUT2D eigenvalue weighted by molar-refractivity contribution is 5.54. The molecule has 0 saturated heterocycles. The van der Waals surface area contributed by atoms with E-state index in [0.717, 1.165) is 40.4 Å². The maximum Gasteiger partial charge on any atom is 0.135 e. The lowest BCUT2D eigenvalue weighted by Gasteiger charge is -2.20. The van der Waals surface area contributed by atoms with Gasteiger partial charge in [-0.3, -0.25) is 0 Å². The zero-order valence-electron chi connectivity index (χ0n) is 19.8. The van der Waals surface area contributed by atoms with Gasteiger partial charge < -0.3 is 19.3 Å². The molecular formula is C31H28O4. The minimum absolute atomic E-state index is 0.0333. The molecule has 35 heavy (non-hydrogen) atoms. The van der Waals surface area contributed by atoms with Gasteiger partial charge in [0.2, 0.25) is 0 Å². The molecule has 0 bridgehead atoms. The van der Waals surface area contributed by atoms with Gasteiger partial charge >= 0.3 is 0 Å². The number of phenolic OH excluding ortho intramolecular Hbond substituents is 1. The van der Waals surface area contributed by atoms with E-state index in [9.17, 15) is 5.11 Å². The van der Waals surface area contributed by atoms with Crippen molar-refractivity contribution in [2.45, 2.75) is 18.4 Å². The van der Waals surface area contributed by atoms with E-state index in [2.05, 4.69) is 42.5 Å². The van der Waals surface area contributed by atoms with Gasteiger partial charge in [0, 0.05) is 5.56 Å². The summed E-state index contributed by atoms with van der Waals surface area (Å²) < 4.78 is 17.1. The molecule has 0 aromatic heterocycles. The topological polar surface area (TPSA) is 47.9 Å². The monoisotopic (exact) mass is 464 g/mol. The maximum atomic E-state index is 9.77. The Morgan fingerprint density at radius 2 is 1.40 bits per heavy atom. The minimum atomic E-state index is -0.177. The Hall–Kier alpha value is -4.18. The molecule has 0 radical (unpaired) electrons. The molecule has 0 fully saturated rings. The van der Waals surface area contributed by atoms with Crippen LogP contribution in [0.25, 0.3) is 6.08 Å². The average Bonchev–Trinajstić information content (AvgIpc) is 3.28. The molecular weight excluding hydrogens is 436 g/mol. The van der Waals surface area contributed by atoms with Crippen LogP contribution in [-0.4, -0.2) is 19.3 Å². The summed E-state index contributed by atoms with van der Waals surface area (Å²) in [6.45, 7) is 0. The van der Waals surface area contributed by atoms with Crippen LogP contribution in [0.2, 0.25) is 0 Å². The number of ether oxygens (including phenoxy) is 3. The molecule has 4 nitrogen and oxygen atoms in total. The van der Waals surface area contributed by atoms with Gasteiger partial charge in [0.25, 0.3) is 0 Å². The third kappa shape index (κ3) is 4.87. The van der Waals surface area contributed by atoms with E-state index in [-0.39, 0.29) is 17.8 Å². The van der Waals surface area contributed by atoms with E-state index in [0.29, 0.717) is 0 Å². The Morgan fingerprint density at radius 1 is 0.771 bits per heavy atom. The summed E-state index contributed by atoms with van der Waals surface area (Å²) in [6, 6.07) is 30.0. The fourth-order valence-electron chi connectivity index (χ4n) is 4.58. The van der Waals surface area contributed by atoms with Crippen molar-refractivity contribution in [1.29, 1.82) is 0 Å². The SMILES string of the molecule is COc1ccc(/C=C/Cc2ccc3c(c2)C(c2ccc(OC)cc2)C(c2ccc(O)cc2)O3)cc1. The van der Waals surface area contributed by atoms with E-state index in [1.54, 1.807) is 26.4 Å². The molecule has 1 N–H and O–H groups in total. The van der Waals surface area contributed by atoms with Crippen molar-refractivity contribution in [1.82, 2.24) is 0 Å². The van der Waals surface area contributed by atoms with Crippen molar-refractivity contribution >= 4 is 6.08 Å². The molecule has 0 amide bonds. The molecule has 4 heteroatoms. The van der Waals surface area contributed by atoms with Crippen LogP contribution in [-0.2, 0) is 6.42 Å². The van der Waals surface area contributed by atoms with Crippen molar-refractivity contribution in [3.05, 3.63) is 125 Å². The molecule has 176 valence electrons. The van der Waals surface area contributed by atoms with E-state index >= 15 is 0 Å². The third-order valence-corrected chi connectivity index (χ3v) is 6.44. The zero-order chi connectivity index (χ0) is 24.2. The summed E-state index contributed by atoms with van der Waals surface area (Å²) in [4.78, 5) is 0. The molecule has 2 atom stereocenters. The summed E-state index contributed by atoms with van der Waals surface area (Å²) in [7, 11) is 3.35. The lowest BCUT2D eigenvalue weighted by Crippen LogP contribution is -2.11. The summed E-state index contributed by atoms with van der Waals surface area (Å²) >= 11 is 0. The number of benzene rings is 4. The highest BCUT2D eigenvalue weighted by Crippen LogP contribution is 2.50. The van der Waals surface area contributed by atoms with Crippen molar-refractivity contribution in [2.75, 3.05) is 14.2 Å². The van der Waals surface area contributed by atoms with Gasteiger partial charge in [-0.25, -0.2) is 0 Å². The van der Waals surface area contributed by atoms with Gasteiger partial charge in [-0.1, -0.05) is 60.7 Å². The van der Waals surface area contributed by atoms with Crippen molar-refractivity contribution in [3.63, 3.8) is 0 Å². The Balaban J connectivity index is 1.44. The van der Waals surface area contributed by atoms with E-state index in [4.69, 9.17) is 14.2 Å². The second-order valence-electron chi connectivity index (χ2n) is 8.63. The lowest BCUT2D eigenvalue weighted by atomic mass is 9.84. The Kier molecular flexibility index (Phi) is 6.44. The van der Waals surface area contributed by atoms with Gasteiger partial charge in [-0.15, -0.1) is 0 Å². The highest BCUT2D eigenvalue weighted by Gasteiger charge is 2.36. The first-order valence-electron chi connectivity index (χ1n) is 11.7. The predicted molar refractivity (Wildman–Crippen MR) is 138 cm³/mol. The van der Waals surface area contributed by atoms with Crippen molar-refractivity contribution < 1.29 is 19.3 Å². The van der Waals surface area contributed by atoms with Crippen LogP contribution in [0.1, 0.15) is 39.8 Å². The number of allylic oxidation sites excluding steroid dienone is 1. The number of hydrogen-bond acceptors (Lipinski definition) is 4. The first kappa shape index (κ1) is 22.6. The summed E-state index contributed by atoms with van der Waals surface area (Å²) in [5.74, 6) is 2.86. The second-order valence-corrected chi connectivity index (χ2v) is 8.63. The number of methoxy groups -OCH3 is 2. The molecule has 4 aromatic rings. The molecule has 0 aliphatic carbocycles. The quantitative estimate of drug-likeness (QED) is 0.322. The van der Waals surface area contributed by atoms with Gasteiger partial charge in [-0.05, 0) is 71.1 Å². The molecule has 1 aliphatic heterocycles. The third-order valence-electron chi connectivity index (χ3n) is 6.44. The van der Waals surface area contributed by atoms with Gasteiger partial charge in [-0.2, -0.15) is 0 Å². The smallest absolute Gasteiger partial charge is 0.135 e. The Morgan fingerprint density at radius 3 is 2.06 bits per heavy atom. The Bertz CT molecular complexity index is 1310. The van der Waals surface area contributed by atoms with E-state index in [1.165, 1.54) is 11.1 Å². The molecule has 4 aromatic carbocycles. The van der Waals surface area contributed by atoms with Crippen LogP contribution in [0, 0.1) is 0 Å². The number of rotatable bonds is 7. The summed E-state index contributed by atoms with van der Waals surface area (Å²) in [6.07, 6.45) is 4.95. The molecule has 5 rings (SSSR count). The van der Waals surface area contributed by atoms with Crippen LogP contribution >= 0.6 is 0 Å². The number of hydrogen-bond donors (Lipinski definition) is 1. The average molecular weight is 465 g/mol. The summed E-state index contributed by atoms with van der Waals surface area (Å²) in [5.41, 5.74) is 5.72. The van der Waals surface area contributed by atoms with Crippen LogP contribution in [0.4, 0.5) is 0 Å². The number of phenols is 1. The first-order valence-corrected chi connectivity index (χ1v) is 11.7. The largest absolute Gasteiger partial charge is 0.508 e. The van der Waals surface area contributed by atoms with E-state index in [1.807, 2.05) is 48.5 Å². The molecule has 1 aliphatic rings. The first-order chi connectivity index (χ1) is 17.1. The molecule has 0 spiro atoms. The minimum Gasteiger partial charge on any atom is -0.508 e. The standard InChI is InChI=1S/C31H28O4/c1-33-26-15-6-21(7-16-26)4-3-5-22-8-19-29-28(20-22)30(23-11-17-27(34-2)18-12-23)31(35-29)24-9-13-25(32)14-10-24/h3-4,6-20,30-32H,5H2,1-2H3/b4-3+.